The van der Waals surface area contributed by atoms with Gasteiger partial charge in [-0.1, -0.05) is 31.3 Å². The van der Waals surface area contributed by atoms with E-state index in [2.05, 4.69) is 23.9 Å². The van der Waals surface area contributed by atoms with Crippen molar-refractivity contribution in [2.24, 2.45) is 16.3 Å². The van der Waals surface area contributed by atoms with Crippen molar-refractivity contribution in [1.82, 2.24) is 9.80 Å². The first kappa shape index (κ1) is 16.1. The first-order valence-corrected chi connectivity index (χ1v) is 8.06. The summed E-state index contributed by atoms with van der Waals surface area (Å²) in [4.78, 5) is 17.3. The molecule has 0 aromatic carbocycles. The number of piperazine rings is 1. The van der Waals surface area contributed by atoms with E-state index in [0.29, 0.717) is 18.9 Å². The van der Waals surface area contributed by atoms with Crippen LogP contribution in [0.5, 0.6) is 0 Å². The Balaban J connectivity index is 2.16. The van der Waals surface area contributed by atoms with Crippen LogP contribution in [-0.4, -0.2) is 59.0 Å². The SMILES string of the molecule is CCN1CCN(C(=O)C2(C(N)=NO)CCCCC2)CC1C. The Morgan fingerprint density at radius 2 is 2.00 bits per heavy atom. The van der Waals surface area contributed by atoms with E-state index >= 15 is 0 Å². The summed E-state index contributed by atoms with van der Waals surface area (Å²) in [5.41, 5.74) is 5.14. The van der Waals surface area contributed by atoms with Gasteiger partial charge in [-0.3, -0.25) is 9.69 Å². The number of carbonyl (C=O) groups is 1. The number of amidine groups is 1. The molecule has 0 radical (unpaired) electrons. The van der Waals surface area contributed by atoms with Crippen LogP contribution in [0, 0.1) is 5.41 Å². The van der Waals surface area contributed by atoms with Crippen molar-refractivity contribution >= 4 is 11.7 Å². The monoisotopic (exact) mass is 296 g/mol. The lowest BCUT2D eigenvalue weighted by Gasteiger charge is -2.44. The van der Waals surface area contributed by atoms with Crippen LogP contribution in [0.1, 0.15) is 46.0 Å². The molecule has 2 fully saturated rings. The molecule has 1 heterocycles. The molecular weight excluding hydrogens is 268 g/mol. The van der Waals surface area contributed by atoms with Gasteiger partial charge in [-0.2, -0.15) is 0 Å². The molecule has 2 aliphatic rings. The van der Waals surface area contributed by atoms with Crippen LogP contribution < -0.4 is 5.73 Å². The van der Waals surface area contributed by atoms with Crippen LogP contribution in [0.3, 0.4) is 0 Å². The highest BCUT2D eigenvalue weighted by molar-refractivity contribution is 6.06. The molecule has 6 nitrogen and oxygen atoms in total. The number of likely N-dealkylation sites (N-methyl/N-ethyl adjacent to an activating group) is 1. The molecule has 6 heteroatoms. The van der Waals surface area contributed by atoms with Crippen molar-refractivity contribution in [2.45, 2.75) is 52.0 Å². The second kappa shape index (κ2) is 6.64. The lowest BCUT2D eigenvalue weighted by atomic mass is 9.72. The summed E-state index contributed by atoms with van der Waals surface area (Å²) < 4.78 is 0. The summed E-state index contributed by atoms with van der Waals surface area (Å²) in [6.07, 6.45) is 4.45. The van der Waals surface area contributed by atoms with Crippen molar-refractivity contribution < 1.29 is 10.0 Å². The molecule has 1 saturated carbocycles. The highest BCUT2D eigenvalue weighted by atomic mass is 16.4. The van der Waals surface area contributed by atoms with Crippen LogP contribution in [0.2, 0.25) is 0 Å². The van der Waals surface area contributed by atoms with Crippen LogP contribution in [0.4, 0.5) is 0 Å². The van der Waals surface area contributed by atoms with Gasteiger partial charge in [0.2, 0.25) is 5.91 Å². The molecule has 0 aromatic rings. The van der Waals surface area contributed by atoms with Crippen molar-refractivity contribution in [3.05, 3.63) is 0 Å². The smallest absolute Gasteiger partial charge is 0.236 e. The second-order valence-electron chi connectivity index (χ2n) is 6.36. The van der Waals surface area contributed by atoms with Gasteiger partial charge in [-0.25, -0.2) is 0 Å². The number of amides is 1. The number of hydrogen-bond acceptors (Lipinski definition) is 4. The van der Waals surface area contributed by atoms with Gasteiger partial charge < -0.3 is 15.8 Å². The Hall–Kier alpha value is -1.30. The molecule has 1 amide bonds. The minimum absolute atomic E-state index is 0.0557. The molecule has 1 saturated heterocycles. The average Bonchev–Trinajstić information content (AvgIpc) is 2.53. The molecule has 1 unspecified atom stereocenters. The zero-order valence-electron chi connectivity index (χ0n) is 13.2. The van der Waals surface area contributed by atoms with Crippen molar-refractivity contribution in [1.29, 1.82) is 0 Å². The number of nitrogens with two attached hydrogens (primary N) is 1. The van der Waals surface area contributed by atoms with E-state index < -0.39 is 5.41 Å². The predicted molar refractivity (Wildman–Crippen MR) is 82.2 cm³/mol. The molecule has 1 aliphatic heterocycles. The maximum Gasteiger partial charge on any atom is 0.236 e. The first-order valence-electron chi connectivity index (χ1n) is 8.06. The molecule has 0 spiro atoms. The Morgan fingerprint density at radius 3 is 2.52 bits per heavy atom. The van der Waals surface area contributed by atoms with Gasteiger partial charge in [0.15, 0.2) is 5.84 Å². The lowest BCUT2D eigenvalue weighted by molar-refractivity contribution is -0.142. The normalized spacial score (nSPS) is 27.6. The molecule has 120 valence electrons. The second-order valence-corrected chi connectivity index (χ2v) is 6.36. The van der Waals surface area contributed by atoms with Crippen LogP contribution >= 0.6 is 0 Å². The van der Waals surface area contributed by atoms with E-state index in [1.54, 1.807) is 0 Å². The highest BCUT2D eigenvalue weighted by Gasteiger charge is 2.46. The average molecular weight is 296 g/mol. The molecule has 0 aromatic heterocycles. The fourth-order valence-electron chi connectivity index (χ4n) is 3.78. The van der Waals surface area contributed by atoms with Crippen LogP contribution in [-0.2, 0) is 4.79 Å². The summed E-state index contributed by atoms with van der Waals surface area (Å²) in [5.74, 6) is 0.151. The molecule has 1 aliphatic carbocycles. The fraction of sp³-hybridized carbons (Fsp3) is 0.867. The third-order valence-corrected chi connectivity index (χ3v) is 5.17. The van der Waals surface area contributed by atoms with Crippen molar-refractivity contribution in [2.75, 3.05) is 26.2 Å². The Morgan fingerprint density at radius 1 is 1.33 bits per heavy atom. The van der Waals surface area contributed by atoms with Gasteiger partial charge in [-0.05, 0) is 26.3 Å². The quantitative estimate of drug-likeness (QED) is 0.355. The van der Waals surface area contributed by atoms with E-state index in [1.165, 1.54) is 0 Å². The van der Waals surface area contributed by atoms with Gasteiger partial charge in [0.1, 0.15) is 5.41 Å². The molecule has 21 heavy (non-hydrogen) atoms. The fourth-order valence-corrected chi connectivity index (χ4v) is 3.78. The zero-order valence-corrected chi connectivity index (χ0v) is 13.2. The predicted octanol–water partition coefficient (Wildman–Crippen LogP) is 1.24. The first-order chi connectivity index (χ1) is 10.0. The number of hydrogen-bond donors (Lipinski definition) is 2. The van der Waals surface area contributed by atoms with Crippen LogP contribution in [0.15, 0.2) is 5.16 Å². The molecule has 0 bridgehead atoms. The van der Waals surface area contributed by atoms with E-state index in [4.69, 9.17) is 10.9 Å². The summed E-state index contributed by atoms with van der Waals surface area (Å²) in [6.45, 7) is 7.67. The van der Waals surface area contributed by atoms with E-state index in [9.17, 15) is 4.79 Å². The Kier molecular flexibility index (Phi) is 5.08. The lowest BCUT2D eigenvalue weighted by Crippen LogP contribution is -2.59. The molecular formula is C15H28N4O2. The van der Waals surface area contributed by atoms with Crippen LogP contribution in [0.25, 0.3) is 0 Å². The molecule has 2 rings (SSSR count). The third-order valence-electron chi connectivity index (χ3n) is 5.17. The third kappa shape index (κ3) is 3.00. The highest BCUT2D eigenvalue weighted by Crippen LogP contribution is 2.38. The summed E-state index contributed by atoms with van der Waals surface area (Å²) in [5, 5.41) is 12.3. The number of oxime groups is 1. The Bertz CT molecular complexity index is 404. The molecule has 1 atom stereocenters. The standard InChI is InChI=1S/C15H28N4O2/c1-3-18-9-10-19(11-12(18)2)14(20)15(13(16)17-21)7-5-4-6-8-15/h12,21H,3-11H2,1-2H3,(H2,16,17). The van der Waals surface area contributed by atoms with Crippen molar-refractivity contribution in [3.63, 3.8) is 0 Å². The largest absolute Gasteiger partial charge is 0.409 e. The number of carbonyl (C=O) groups excluding carboxylic acids is 1. The number of nitrogens with zero attached hydrogens (tertiary/aromatic N) is 3. The van der Waals surface area contributed by atoms with Gasteiger partial charge in [0.25, 0.3) is 0 Å². The van der Waals surface area contributed by atoms with Gasteiger partial charge in [-0.15, -0.1) is 0 Å². The van der Waals surface area contributed by atoms with E-state index in [-0.39, 0.29) is 11.7 Å². The van der Waals surface area contributed by atoms with E-state index in [1.807, 2.05) is 4.90 Å². The minimum atomic E-state index is -0.777. The van der Waals surface area contributed by atoms with Gasteiger partial charge >= 0.3 is 0 Å². The topological polar surface area (TPSA) is 82.2 Å². The summed E-state index contributed by atoms with van der Waals surface area (Å²) in [7, 11) is 0. The zero-order chi connectivity index (χ0) is 15.5. The minimum Gasteiger partial charge on any atom is -0.409 e. The maximum absolute atomic E-state index is 13.1. The van der Waals surface area contributed by atoms with Gasteiger partial charge in [0, 0.05) is 25.7 Å². The summed E-state index contributed by atoms with van der Waals surface area (Å²) in [6, 6.07) is 0.362. The Labute approximate surface area is 127 Å². The number of rotatable bonds is 3. The maximum atomic E-state index is 13.1. The van der Waals surface area contributed by atoms with Gasteiger partial charge in [0.05, 0.1) is 0 Å². The van der Waals surface area contributed by atoms with E-state index in [0.717, 1.165) is 45.4 Å². The molecule has 3 N–H and O–H groups in total. The van der Waals surface area contributed by atoms with Crippen molar-refractivity contribution in [3.8, 4) is 0 Å². The summed E-state index contributed by atoms with van der Waals surface area (Å²) >= 11 is 0.